The van der Waals surface area contributed by atoms with Crippen LogP contribution in [-0.2, 0) is 12.7 Å². The molecule has 0 aliphatic carbocycles. The average Bonchev–Trinajstić information content (AvgIpc) is 2.62. The second kappa shape index (κ2) is 7.38. The molecule has 0 fully saturated rings. The summed E-state index contributed by atoms with van der Waals surface area (Å²) in [6, 6.07) is 9.56. The van der Waals surface area contributed by atoms with Crippen LogP contribution in [0.4, 0.5) is 23.4 Å². The van der Waals surface area contributed by atoms with Gasteiger partial charge in [0.25, 0.3) is 0 Å². The van der Waals surface area contributed by atoms with Gasteiger partial charge in [-0.05, 0) is 42.0 Å². The van der Waals surface area contributed by atoms with Gasteiger partial charge in [0.15, 0.2) is 11.6 Å². The van der Waals surface area contributed by atoms with Gasteiger partial charge in [-0.2, -0.15) is 13.2 Å². The van der Waals surface area contributed by atoms with Gasteiger partial charge in [-0.25, -0.2) is 9.37 Å². The Labute approximate surface area is 146 Å². The lowest BCUT2D eigenvalue weighted by Gasteiger charge is -2.13. The fraction of sp³-hybridized carbons (Fsp3) is 0.111. The van der Waals surface area contributed by atoms with Gasteiger partial charge in [0.2, 0.25) is 0 Å². The topological polar surface area (TPSA) is 47.0 Å². The van der Waals surface area contributed by atoms with Gasteiger partial charge in [-0.15, -0.1) is 0 Å². The van der Waals surface area contributed by atoms with Crippen LogP contribution in [0.25, 0.3) is 0 Å². The van der Waals surface area contributed by atoms with Crippen LogP contribution in [0.5, 0.6) is 11.5 Å². The second-order valence-corrected chi connectivity index (χ2v) is 5.31. The minimum absolute atomic E-state index is 0.00410. The van der Waals surface area contributed by atoms with E-state index < -0.39 is 17.6 Å². The Morgan fingerprint density at radius 2 is 1.85 bits per heavy atom. The highest BCUT2D eigenvalue weighted by Crippen LogP contribution is 2.33. The van der Waals surface area contributed by atoms with E-state index in [4.69, 9.17) is 4.74 Å². The zero-order valence-corrected chi connectivity index (χ0v) is 13.3. The molecule has 1 N–H and O–H groups in total. The molecule has 0 aliphatic rings. The van der Waals surface area contributed by atoms with Crippen LogP contribution in [-0.4, -0.2) is 9.97 Å². The van der Waals surface area contributed by atoms with Gasteiger partial charge >= 0.3 is 6.18 Å². The summed E-state index contributed by atoms with van der Waals surface area (Å²) in [6.07, 6.45) is -0.272. The number of anilines is 1. The largest absolute Gasteiger partial charge is 0.453 e. The Kier molecular flexibility index (Phi) is 5.01. The lowest BCUT2D eigenvalue weighted by molar-refractivity contribution is -0.137. The van der Waals surface area contributed by atoms with Crippen LogP contribution in [0.3, 0.4) is 0 Å². The highest BCUT2D eigenvalue weighted by molar-refractivity contribution is 5.46. The Bertz CT molecular complexity index is 885. The Hall–Kier alpha value is -3.16. The molecule has 0 saturated carbocycles. The summed E-state index contributed by atoms with van der Waals surface area (Å²) < 4.78 is 58.3. The maximum atomic E-state index is 14.2. The summed E-state index contributed by atoms with van der Waals surface area (Å²) in [5, 5.41) is 2.58. The van der Waals surface area contributed by atoms with E-state index in [0.29, 0.717) is 11.3 Å². The van der Waals surface area contributed by atoms with Gasteiger partial charge in [-0.3, -0.25) is 4.98 Å². The lowest BCUT2D eigenvalue weighted by atomic mass is 10.2. The van der Waals surface area contributed by atoms with Crippen molar-refractivity contribution in [2.75, 3.05) is 5.32 Å². The molecule has 3 rings (SSSR count). The smallest absolute Gasteiger partial charge is 0.419 e. The van der Waals surface area contributed by atoms with Crippen molar-refractivity contribution in [2.24, 2.45) is 0 Å². The molecule has 26 heavy (non-hydrogen) atoms. The first-order valence-corrected chi connectivity index (χ1v) is 7.56. The standard InChI is InChI=1S/C18H13F4N3O/c19-15-9-12(5-6-16(15)26-13-3-1-7-23-11-13)10-25-17-14(18(20,21)22)4-2-8-24-17/h1-9,11H,10H2,(H,24,25). The van der Waals surface area contributed by atoms with Gasteiger partial charge in [-0.1, -0.05) is 6.07 Å². The summed E-state index contributed by atoms with van der Waals surface area (Å²) in [7, 11) is 0. The summed E-state index contributed by atoms with van der Waals surface area (Å²) in [5.74, 6) is -0.572. The summed E-state index contributed by atoms with van der Waals surface area (Å²) in [6.45, 7) is -0.0236. The van der Waals surface area contributed by atoms with Crippen molar-refractivity contribution in [3.63, 3.8) is 0 Å². The number of ether oxygens (including phenoxy) is 1. The lowest BCUT2D eigenvalue weighted by Crippen LogP contribution is -2.12. The highest BCUT2D eigenvalue weighted by Gasteiger charge is 2.33. The van der Waals surface area contributed by atoms with E-state index in [9.17, 15) is 17.6 Å². The first kappa shape index (κ1) is 17.7. The van der Waals surface area contributed by atoms with Gasteiger partial charge in [0, 0.05) is 18.9 Å². The highest BCUT2D eigenvalue weighted by atomic mass is 19.4. The summed E-state index contributed by atoms with van der Waals surface area (Å²) in [4.78, 5) is 7.56. The molecule has 134 valence electrons. The molecule has 0 spiro atoms. The van der Waals surface area contributed by atoms with E-state index in [1.165, 1.54) is 30.6 Å². The van der Waals surface area contributed by atoms with E-state index in [-0.39, 0.29) is 18.1 Å². The SMILES string of the molecule is Fc1cc(CNc2ncccc2C(F)(F)F)ccc1Oc1cccnc1. The van der Waals surface area contributed by atoms with Crippen LogP contribution in [0.15, 0.2) is 61.1 Å². The van der Waals surface area contributed by atoms with E-state index >= 15 is 0 Å². The molecule has 4 nitrogen and oxygen atoms in total. The van der Waals surface area contributed by atoms with Crippen molar-refractivity contribution in [1.82, 2.24) is 9.97 Å². The molecule has 8 heteroatoms. The van der Waals surface area contributed by atoms with Gasteiger partial charge < -0.3 is 10.1 Å². The average molecular weight is 363 g/mol. The van der Waals surface area contributed by atoms with Crippen molar-refractivity contribution < 1.29 is 22.3 Å². The number of halogens is 4. The normalized spacial score (nSPS) is 11.2. The number of nitrogens with one attached hydrogen (secondary N) is 1. The third-order valence-corrected chi connectivity index (χ3v) is 3.43. The Balaban J connectivity index is 1.71. The number of aromatic nitrogens is 2. The summed E-state index contributed by atoms with van der Waals surface area (Å²) >= 11 is 0. The third-order valence-electron chi connectivity index (χ3n) is 3.43. The van der Waals surface area contributed by atoms with E-state index in [2.05, 4.69) is 15.3 Å². The Morgan fingerprint density at radius 3 is 2.54 bits per heavy atom. The fourth-order valence-electron chi connectivity index (χ4n) is 2.23. The molecule has 0 bridgehead atoms. The van der Waals surface area contributed by atoms with Gasteiger partial charge in [0.05, 0.1) is 11.8 Å². The Morgan fingerprint density at radius 1 is 1.04 bits per heavy atom. The zero-order valence-electron chi connectivity index (χ0n) is 13.3. The fourth-order valence-corrected chi connectivity index (χ4v) is 2.23. The molecular formula is C18H13F4N3O. The molecule has 0 radical (unpaired) electrons. The molecule has 0 aliphatic heterocycles. The molecular weight excluding hydrogens is 350 g/mol. The predicted molar refractivity (Wildman–Crippen MR) is 87.3 cm³/mol. The molecule has 0 unspecified atom stereocenters. The second-order valence-electron chi connectivity index (χ2n) is 5.31. The van der Waals surface area contributed by atoms with Crippen LogP contribution in [0, 0.1) is 5.82 Å². The number of pyridine rings is 2. The van der Waals surface area contributed by atoms with Crippen molar-refractivity contribution in [2.45, 2.75) is 12.7 Å². The molecule has 0 atom stereocenters. The minimum Gasteiger partial charge on any atom is -0.453 e. The van der Waals surface area contributed by atoms with Crippen molar-refractivity contribution in [1.29, 1.82) is 0 Å². The molecule has 0 amide bonds. The molecule has 3 aromatic rings. The predicted octanol–water partition coefficient (Wildman–Crippen LogP) is 5.04. The maximum Gasteiger partial charge on any atom is 0.419 e. The van der Waals surface area contributed by atoms with Crippen molar-refractivity contribution >= 4 is 5.82 Å². The van der Waals surface area contributed by atoms with E-state index in [1.807, 2.05) is 0 Å². The molecule has 0 saturated heterocycles. The van der Waals surface area contributed by atoms with Gasteiger partial charge in [0.1, 0.15) is 11.6 Å². The van der Waals surface area contributed by atoms with Crippen LogP contribution < -0.4 is 10.1 Å². The summed E-state index contributed by atoms with van der Waals surface area (Å²) in [5.41, 5.74) is -0.434. The molecule has 1 aromatic carbocycles. The number of rotatable bonds is 5. The van der Waals surface area contributed by atoms with Crippen LogP contribution >= 0.6 is 0 Å². The first-order valence-electron chi connectivity index (χ1n) is 7.56. The maximum absolute atomic E-state index is 14.2. The van der Waals surface area contributed by atoms with Crippen LogP contribution in [0.1, 0.15) is 11.1 Å². The van der Waals surface area contributed by atoms with Crippen molar-refractivity contribution in [3.8, 4) is 11.5 Å². The number of benzene rings is 1. The molecule has 2 aromatic heterocycles. The first-order chi connectivity index (χ1) is 12.4. The quantitative estimate of drug-likeness (QED) is 0.645. The van der Waals surface area contributed by atoms with E-state index in [1.54, 1.807) is 24.4 Å². The third kappa shape index (κ3) is 4.27. The van der Waals surface area contributed by atoms with Crippen molar-refractivity contribution in [3.05, 3.63) is 78.0 Å². The number of hydrogen-bond donors (Lipinski definition) is 1. The number of hydrogen-bond acceptors (Lipinski definition) is 4. The molecule has 2 heterocycles. The number of alkyl halides is 3. The number of nitrogens with zero attached hydrogens (tertiary/aromatic N) is 2. The minimum atomic E-state index is -4.52. The van der Waals surface area contributed by atoms with Crippen LogP contribution in [0.2, 0.25) is 0 Å². The zero-order chi connectivity index (χ0) is 18.6. The van der Waals surface area contributed by atoms with E-state index in [0.717, 1.165) is 6.07 Å². The monoisotopic (exact) mass is 363 g/mol.